The average Bonchev–Trinajstić information content (AvgIpc) is 2.90. The highest BCUT2D eigenvalue weighted by atomic mass is 32.2. The summed E-state index contributed by atoms with van der Waals surface area (Å²) in [5, 5.41) is 3.97. The number of methoxy groups -OCH3 is 2. The third-order valence-electron chi connectivity index (χ3n) is 5.18. The van der Waals surface area contributed by atoms with Gasteiger partial charge in [0.1, 0.15) is 18.9 Å². The fraction of sp³-hybridized carbons (Fsp3) is 0.185. The Morgan fingerprint density at radius 1 is 1.03 bits per heavy atom. The molecule has 0 aliphatic carbocycles. The van der Waals surface area contributed by atoms with Crippen molar-refractivity contribution >= 4 is 27.8 Å². The van der Waals surface area contributed by atoms with E-state index in [-0.39, 0.29) is 10.6 Å². The van der Waals surface area contributed by atoms with Crippen molar-refractivity contribution in [1.82, 2.24) is 5.43 Å². The molecule has 0 heterocycles. The molecule has 0 saturated carbocycles. The van der Waals surface area contributed by atoms with E-state index in [0.717, 1.165) is 9.87 Å². The largest absolute Gasteiger partial charge is 0.493 e. The maximum atomic E-state index is 13.6. The van der Waals surface area contributed by atoms with E-state index in [9.17, 15) is 13.2 Å². The van der Waals surface area contributed by atoms with E-state index in [4.69, 9.17) is 14.2 Å². The maximum Gasteiger partial charge on any atom is 0.264 e. The van der Waals surface area contributed by atoms with Crippen molar-refractivity contribution in [2.45, 2.75) is 11.8 Å². The van der Waals surface area contributed by atoms with Crippen molar-refractivity contribution in [3.63, 3.8) is 0 Å². The lowest BCUT2D eigenvalue weighted by Gasteiger charge is -2.24. The molecular formula is C27H29N3O6S. The zero-order valence-electron chi connectivity index (χ0n) is 20.9. The fourth-order valence-corrected chi connectivity index (χ4v) is 4.73. The van der Waals surface area contributed by atoms with Crippen LogP contribution in [0, 0.1) is 6.92 Å². The molecule has 0 saturated heterocycles. The highest BCUT2D eigenvalue weighted by Gasteiger charge is 2.28. The Labute approximate surface area is 217 Å². The normalized spacial score (nSPS) is 11.1. The molecule has 1 amide bonds. The monoisotopic (exact) mass is 523 g/mol. The van der Waals surface area contributed by atoms with Crippen molar-refractivity contribution in [2.75, 3.05) is 31.7 Å². The quantitative estimate of drug-likeness (QED) is 0.219. The first-order chi connectivity index (χ1) is 17.8. The number of nitrogens with zero attached hydrogens (tertiary/aromatic N) is 2. The Hall–Kier alpha value is -4.31. The molecule has 0 radical (unpaired) electrons. The number of hydrogen-bond acceptors (Lipinski definition) is 7. The van der Waals surface area contributed by atoms with Crippen LogP contribution in [0.3, 0.4) is 0 Å². The van der Waals surface area contributed by atoms with Crippen molar-refractivity contribution in [3.05, 3.63) is 90.5 Å². The van der Waals surface area contributed by atoms with E-state index in [0.29, 0.717) is 29.4 Å². The van der Waals surface area contributed by atoms with E-state index in [1.165, 1.54) is 38.6 Å². The number of amides is 1. The van der Waals surface area contributed by atoms with Crippen molar-refractivity contribution in [3.8, 4) is 17.2 Å². The second-order valence-corrected chi connectivity index (χ2v) is 9.69. The van der Waals surface area contributed by atoms with E-state index in [1.54, 1.807) is 54.6 Å². The number of hydrazone groups is 1. The van der Waals surface area contributed by atoms with Gasteiger partial charge in [-0.2, -0.15) is 5.10 Å². The molecule has 3 rings (SSSR count). The minimum Gasteiger partial charge on any atom is -0.493 e. The molecule has 0 bridgehead atoms. The predicted molar refractivity (Wildman–Crippen MR) is 143 cm³/mol. The number of sulfonamides is 1. The summed E-state index contributed by atoms with van der Waals surface area (Å²) >= 11 is 0. The maximum absolute atomic E-state index is 13.6. The molecule has 10 heteroatoms. The summed E-state index contributed by atoms with van der Waals surface area (Å²) in [5.74, 6) is 0.730. The van der Waals surface area contributed by atoms with Crippen LogP contribution < -0.4 is 23.9 Å². The highest BCUT2D eigenvalue weighted by Crippen LogP contribution is 2.33. The molecule has 194 valence electrons. The Morgan fingerprint density at radius 3 is 2.43 bits per heavy atom. The van der Waals surface area contributed by atoms with Crippen LogP contribution in [0.4, 0.5) is 5.69 Å². The Balaban J connectivity index is 1.86. The molecule has 3 aromatic carbocycles. The first-order valence-corrected chi connectivity index (χ1v) is 12.7. The van der Waals surface area contributed by atoms with Crippen molar-refractivity contribution < 1.29 is 27.4 Å². The molecule has 0 atom stereocenters. The van der Waals surface area contributed by atoms with Gasteiger partial charge < -0.3 is 14.2 Å². The number of carbonyl (C=O) groups excluding carboxylic acids is 1. The summed E-state index contributed by atoms with van der Waals surface area (Å²) in [6.07, 6.45) is 3.07. The van der Waals surface area contributed by atoms with E-state index >= 15 is 0 Å². The van der Waals surface area contributed by atoms with Gasteiger partial charge in [0.15, 0.2) is 11.5 Å². The molecule has 0 aromatic heterocycles. The topological polar surface area (TPSA) is 107 Å². The van der Waals surface area contributed by atoms with Crippen LogP contribution in [0.25, 0.3) is 0 Å². The Kier molecular flexibility index (Phi) is 9.28. The van der Waals surface area contributed by atoms with Gasteiger partial charge in [-0.3, -0.25) is 9.10 Å². The number of hydrogen-bond donors (Lipinski definition) is 1. The first-order valence-electron chi connectivity index (χ1n) is 11.3. The molecule has 0 spiro atoms. The molecule has 3 aromatic rings. The minimum absolute atomic E-state index is 0.0422. The Bertz CT molecular complexity index is 1370. The molecule has 1 N–H and O–H groups in total. The summed E-state index contributed by atoms with van der Waals surface area (Å²) in [4.78, 5) is 12.9. The fourth-order valence-electron chi connectivity index (χ4n) is 3.32. The zero-order valence-corrected chi connectivity index (χ0v) is 21.7. The van der Waals surface area contributed by atoms with Crippen molar-refractivity contribution in [1.29, 1.82) is 0 Å². The number of benzene rings is 3. The van der Waals surface area contributed by atoms with Crippen LogP contribution in [-0.4, -0.2) is 47.9 Å². The van der Waals surface area contributed by atoms with Crippen molar-refractivity contribution in [2.24, 2.45) is 5.10 Å². The average molecular weight is 524 g/mol. The van der Waals surface area contributed by atoms with Gasteiger partial charge >= 0.3 is 0 Å². The summed E-state index contributed by atoms with van der Waals surface area (Å²) in [6.45, 7) is 5.31. The van der Waals surface area contributed by atoms with Gasteiger partial charge in [-0.15, -0.1) is 0 Å². The number of aryl methyl sites for hydroxylation is 1. The second-order valence-electron chi connectivity index (χ2n) is 7.83. The van der Waals surface area contributed by atoms with Crippen LogP contribution in [0.1, 0.15) is 11.1 Å². The predicted octanol–water partition coefficient (Wildman–Crippen LogP) is 3.92. The molecule has 0 unspecified atom stereocenters. The number of anilines is 1. The summed E-state index contributed by atoms with van der Waals surface area (Å²) in [5.41, 5.74) is 4.21. The summed E-state index contributed by atoms with van der Waals surface area (Å²) in [7, 11) is -1.18. The minimum atomic E-state index is -4.10. The van der Waals surface area contributed by atoms with Gasteiger partial charge in [0.05, 0.1) is 31.0 Å². The first kappa shape index (κ1) is 27.3. The van der Waals surface area contributed by atoms with E-state index < -0.39 is 22.5 Å². The molecule has 9 nitrogen and oxygen atoms in total. The third kappa shape index (κ3) is 7.11. The lowest BCUT2D eigenvalue weighted by atomic mass is 10.2. The Morgan fingerprint density at radius 2 is 1.76 bits per heavy atom. The SMILES string of the molecule is C=CCOc1cccc(/C=N\NC(=O)CN(c2ccc(OC)c(OC)c2)S(=O)(=O)c2ccc(C)cc2)c1. The van der Waals surface area contributed by atoms with Gasteiger partial charge in [-0.25, -0.2) is 13.8 Å². The second kappa shape index (κ2) is 12.6. The van der Waals surface area contributed by atoms with E-state index in [2.05, 4.69) is 17.1 Å². The zero-order chi connectivity index (χ0) is 26.8. The molecule has 37 heavy (non-hydrogen) atoms. The van der Waals surface area contributed by atoms with Crippen LogP contribution in [0.15, 0.2) is 89.4 Å². The van der Waals surface area contributed by atoms with Gasteiger partial charge in [-0.1, -0.05) is 42.5 Å². The summed E-state index contributed by atoms with van der Waals surface area (Å²) < 4.78 is 44.2. The van der Waals surface area contributed by atoms with Gasteiger partial charge in [0, 0.05) is 6.07 Å². The number of carbonyl (C=O) groups is 1. The van der Waals surface area contributed by atoms with Gasteiger partial charge in [0.25, 0.3) is 15.9 Å². The van der Waals surface area contributed by atoms with Crippen LogP contribution in [0.2, 0.25) is 0 Å². The smallest absolute Gasteiger partial charge is 0.264 e. The van der Waals surface area contributed by atoms with E-state index in [1.807, 2.05) is 6.92 Å². The molecule has 0 fully saturated rings. The number of nitrogens with one attached hydrogen (secondary N) is 1. The molecule has 0 aliphatic rings. The van der Waals surface area contributed by atoms with Crippen LogP contribution in [0.5, 0.6) is 17.2 Å². The highest BCUT2D eigenvalue weighted by molar-refractivity contribution is 7.92. The molecule has 0 aliphatic heterocycles. The van der Waals surface area contributed by atoms with Gasteiger partial charge in [0.2, 0.25) is 0 Å². The van der Waals surface area contributed by atoms with Crippen LogP contribution in [-0.2, 0) is 14.8 Å². The lowest BCUT2D eigenvalue weighted by molar-refractivity contribution is -0.119. The standard InChI is InChI=1S/C27H29N3O6S/c1-5-15-36-23-8-6-7-21(16-23)18-28-29-27(31)19-30(22-11-14-25(34-3)26(17-22)35-4)37(32,33)24-12-9-20(2)10-13-24/h5-14,16-18H,1,15,19H2,2-4H3,(H,29,31)/b28-18-. The third-order valence-corrected chi connectivity index (χ3v) is 6.97. The summed E-state index contributed by atoms with van der Waals surface area (Å²) in [6, 6.07) is 18.1. The number of ether oxygens (including phenoxy) is 3. The van der Waals surface area contributed by atoms with Crippen LogP contribution >= 0.6 is 0 Å². The number of rotatable bonds is 12. The lowest BCUT2D eigenvalue weighted by Crippen LogP contribution is -2.39. The van der Waals surface area contributed by atoms with Gasteiger partial charge in [-0.05, 0) is 48.9 Å². The molecular weight excluding hydrogens is 494 g/mol.